The van der Waals surface area contributed by atoms with Crippen molar-refractivity contribution in [2.75, 3.05) is 12.3 Å². The van der Waals surface area contributed by atoms with E-state index in [1.165, 1.54) is 6.33 Å². The maximum atomic E-state index is 12.1. The first-order valence-electron chi connectivity index (χ1n) is 6.97. The van der Waals surface area contributed by atoms with E-state index in [4.69, 9.17) is 5.73 Å². The molecule has 0 spiro atoms. The van der Waals surface area contributed by atoms with Crippen LogP contribution in [0.4, 0.5) is 19.0 Å². The first-order valence-corrected chi connectivity index (χ1v) is 6.97. The fraction of sp³-hybridized carbons (Fsp3) is 0.400. The van der Waals surface area contributed by atoms with E-state index in [0.717, 1.165) is 0 Å². The Labute approximate surface area is 136 Å². The zero-order valence-corrected chi connectivity index (χ0v) is 13.3. The zero-order chi connectivity index (χ0) is 18.1. The number of carbonyl (C=O) groups is 1. The molecule has 0 aliphatic heterocycles. The number of hydrogen-bond donors (Lipinski definition) is 2. The highest BCUT2D eigenvalue weighted by molar-refractivity contribution is 5.92. The van der Waals surface area contributed by atoms with Gasteiger partial charge in [-0.05, 0) is 20.8 Å². The summed E-state index contributed by atoms with van der Waals surface area (Å²) in [7, 11) is 0. The third-order valence-corrected chi connectivity index (χ3v) is 3.15. The van der Waals surface area contributed by atoms with E-state index in [1.807, 2.05) is 25.3 Å². The van der Waals surface area contributed by atoms with Gasteiger partial charge in [-0.3, -0.25) is 4.79 Å². The number of halogens is 3. The van der Waals surface area contributed by atoms with Crippen LogP contribution in [0.15, 0.2) is 12.5 Å². The third-order valence-electron chi connectivity index (χ3n) is 3.15. The average molecular weight is 339 g/mol. The van der Waals surface area contributed by atoms with Gasteiger partial charge in [-0.25, -0.2) is 9.97 Å². The molecule has 2 aromatic rings. The minimum Gasteiger partial charge on any atom is -0.383 e. The Balaban J connectivity index is 2.34. The molecule has 0 saturated heterocycles. The SMILES string of the molecule is CC(C)(C)n1cc(C#CCNC(=O)C(F)(F)F)c2c(N)ncnc21. The predicted molar refractivity (Wildman–Crippen MR) is 82.9 cm³/mol. The predicted octanol–water partition coefficient (Wildman–Crippen LogP) is 1.80. The lowest BCUT2D eigenvalue weighted by molar-refractivity contribution is -0.173. The Hall–Kier alpha value is -2.76. The Kier molecular flexibility index (Phi) is 4.42. The van der Waals surface area contributed by atoms with Crippen molar-refractivity contribution in [3.05, 3.63) is 18.1 Å². The molecule has 0 bridgehead atoms. The quantitative estimate of drug-likeness (QED) is 0.776. The lowest BCUT2D eigenvalue weighted by atomic mass is 10.1. The van der Waals surface area contributed by atoms with Gasteiger partial charge in [0.1, 0.15) is 17.8 Å². The number of hydrogen-bond acceptors (Lipinski definition) is 4. The molecule has 0 saturated carbocycles. The second kappa shape index (κ2) is 6.03. The van der Waals surface area contributed by atoms with Crippen molar-refractivity contribution < 1.29 is 18.0 Å². The van der Waals surface area contributed by atoms with Crippen LogP contribution in [0.25, 0.3) is 11.0 Å². The Bertz CT molecular complexity index is 837. The van der Waals surface area contributed by atoms with Crippen molar-refractivity contribution in [2.45, 2.75) is 32.5 Å². The number of amides is 1. The van der Waals surface area contributed by atoms with E-state index in [1.54, 1.807) is 11.5 Å². The van der Waals surface area contributed by atoms with Crippen LogP contribution in [0.5, 0.6) is 0 Å². The number of alkyl halides is 3. The van der Waals surface area contributed by atoms with Crippen molar-refractivity contribution in [2.24, 2.45) is 0 Å². The molecule has 2 rings (SSSR count). The van der Waals surface area contributed by atoms with Crippen molar-refractivity contribution in [3.8, 4) is 11.8 Å². The summed E-state index contributed by atoms with van der Waals surface area (Å²) in [5.41, 5.74) is 6.64. The van der Waals surface area contributed by atoms with Crippen LogP contribution in [0.1, 0.15) is 26.3 Å². The molecule has 0 radical (unpaired) electrons. The van der Waals surface area contributed by atoms with E-state index >= 15 is 0 Å². The lowest BCUT2D eigenvalue weighted by Gasteiger charge is -2.21. The molecule has 6 nitrogen and oxygen atoms in total. The van der Waals surface area contributed by atoms with Gasteiger partial charge in [0, 0.05) is 11.7 Å². The molecular formula is C15H16F3N5O. The summed E-state index contributed by atoms with van der Waals surface area (Å²) < 4.78 is 38.2. The molecule has 0 unspecified atom stereocenters. The van der Waals surface area contributed by atoms with E-state index in [9.17, 15) is 18.0 Å². The minimum atomic E-state index is -4.93. The van der Waals surface area contributed by atoms with Gasteiger partial charge in [0.2, 0.25) is 0 Å². The van der Waals surface area contributed by atoms with Crippen molar-refractivity contribution in [1.82, 2.24) is 19.9 Å². The average Bonchev–Trinajstić information content (AvgIpc) is 2.82. The van der Waals surface area contributed by atoms with E-state index in [2.05, 4.69) is 21.8 Å². The molecule has 24 heavy (non-hydrogen) atoms. The molecule has 0 aromatic carbocycles. The first kappa shape index (κ1) is 17.6. The summed E-state index contributed by atoms with van der Waals surface area (Å²) in [6, 6.07) is 0. The van der Waals surface area contributed by atoms with Crippen LogP contribution >= 0.6 is 0 Å². The zero-order valence-electron chi connectivity index (χ0n) is 13.3. The molecule has 1 amide bonds. The van der Waals surface area contributed by atoms with E-state index in [-0.39, 0.29) is 11.4 Å². The number of anilines is 1. The molecule has 128 valence electrons. The summed E-state index contributed by atoms with van der Waals surface area (Å²) in [4.78, 5) is 18.9. The van der Waals surface area contributed by atoms with Gasteiger partial charge < -0.3 is 15.6 Å². The third kappa shape index (κ3) is 3.59. The number of nitrogens with one attached hydrogen (secondary N) is 1. The Morgan fingerprint density at radius 1 is 1.33 bits per heavy atom. The molecule has 0 atom stereocenters. The van der Waals surface area contributed by atoms with Gasteiger partial charge in [0.25, 0.3) is 0 Å². The monoisotopic (exact) mass is 339 g/mol. The van der Waals surface area contributed by atoms with Crippen LogP contribution in [0.3, 0.4) is 0 Å². The second-order valence-corrected chi connectivity index (χ2v) is 6.02. The van der Waals surface area contributed by atoms with Crippen molar-refractivity contribution in [3.63, 3.8) is 0 Å². The number of nitrogens with two attached hydrogens (primary N) is 1. The largest absolute Gasteiger partial charge is 0.471 e. The van der Waals surface area contributed by atoms with Gasteiger partial charge in [-0.1, -0.05) is 11.8 Å². The standard InChI is InChI=1S/C15H16F3N5O/c1-14(2,3)23-7-9(10-11(19)21-8-22-12(10)23)5-4-6-20-13(24)15(16,17)18/h7-8H,6H2,1-3H3,(H,20,24)(H2,19,21,22). The second-order valence-electron chi connectivity index (χ2n) is 6.02. The number of fused-ring (bicyclic) bond motifs is 1. The topological polar surface area (TPSA) is 85.8 Å². The number of rotatable bonds is 1. The van der Waals surface area contributed by atoms with Crippen LogP contribution in [-0.2, 0) is 10.3 Å². The minimum absolute atomic E-state index is 0.228. The number of nitrogen functional groups attached to an aromatic ring is 1. The molecule has 3 N–H and O–H groups in total. The van der Waals surface area contributed by atoms with Gasteiger partial charge in [0.05, 0.1) is 17.5 Å². The lowest BCUT2D eigenvalue weighted by Crippen LogP contribution is -2.36. The highest BCUT2D eigenvalue weighted by atomic mass is 19.4. The first-order chi connectivity index (χ1) is 11.0. The van der Waals surface area contributed by atoms with Crippen LogP contribution in [-0.4, -0.2) is 33.2 Å². The molecule has 0 fully saturated rings. The maximum absolute atomic E-state index is 12.1. The maximum Gasteiger partial charge on any atom is 0.471 e. The van der Waals surface area contributed by atoms with Crippen molar-refractivity contribution >= 4 is 22.8 Å². The number of nitrogens with zero attached hydrogens (tertiary/aromatic N) is 3. The molecule has 2 heterocycles. The molecule has 9 heteroatoms. The number of aromatic nitrogens is 3. The fourth-order valence-electron chi connectivity index (χ4n) is 2.06. The highest BCUT2D eigenvalue weighted by Gasteiger charge is 2.38. The van der Waals surface area contributed by atoms with E-state index in [0.29, 0.717) is 16.6 Å². The van der Waals surface area contributed by atoms with Crippen molar-refractivity contribution in [1.29, 1.82) is 0 Å². The van der Waals surface area contributed by atoms with Crippen LogP contribution in [0, 0.1) is 11.8 Å². The normalized spacial score (nSPS) is 11.9. The van der Waals surface area contributed by atoms with Gasteiger partial charge in [-0.15, -0.1) is 0 Å². The fourth-order valence-corrected chi connectivity index (χ4v) is 2.06. The summed E-state index contributed by atoms with van der Waals surface area (Å²) in [5, 5.41) is 2.22. The van der Waals surface area contributed by atoms with Crippen LogP contribution in [0.2, 0.25) is 0 Å². The number of carbonyl (C=O) groups excluding carboxylic acids is 1. The molecule has 2 aromatic heterocycles. The summed E-state index contributed by atoms with van der Waals surface area (Å²) in [5.74, 6) is 3.39. The Morgan fingerprint density at radius 3 is 2.58 bits per heavy atom. The molecule has 0 aliphatic rings. The van der Waals surface area contributed by atoms with Gasteiger partial charge >= 0.3 is 12.1 Å². The summed E-state index contributed by atoms with van der Waals surface area (Å²) in [6.45, 7) is 5.45. The smallest absolute Gasteiger partial charge is 0.383 e. The molecule has 0 aliphatic carbocycles. The Morgan fingerprint density at radius 2 is 2.00 bits per heavy atom. The summed E-state index contributed by atoms with van der Waals surface area (Å²) >= 11 is 0. The van der Waals surface area contributed by atoms with Crippen LogP contribution < -0.4 is 11.1 Å². The summed E-state index contributed by atoms with van der Waals surface area (Å²) in [6.07, 6.45) is -1.88. The van der Waals surface area contributed by atoms with E-state index < -0.39 is 18.6 Å². The van der Waals surface area contributed by atoms with Gasteiger partial charge in [-0.2, -0.15) is 13.2 Å². The molecular weight excluding hydrogens is 323 g/mol. The highest BCUT2D eigenvalue weighted by Crippen LogP contribution is 2.28. The van der Waals surface area contributed by atoms with Gasteiger partial charge in [0.15, 0.2) is 0 Å².